The quantitative estimate of drug-likeness (QED) is 0.0425. The molecule has 0 fully saturated rings. The van der Waals surface area contributed by atoms with E-state index in [0.29, 0.717) is 4.90 Å². The fraction of sp³-hybridized carbons (Fsp3) is 0.455. The van der Waals surface area contributed by atoms with Gasteiger partial charge in [-0.1, -0.05) is 116 Å². The molecule has 0 aliphatic heterocycles. The van der Waals surface area contributed by atoms with Crippen LogP contribution < -0.4 is 0 Å². The zero-order chi connectivity index (χ0) is 37.6. The summed E-state index contributed by atoms with van der Waals surface area (Å²) >= 11 is 12.5. The van der Waals surface area contributed by atoms with Crippen LogP contribution in [0.4, 0.5) is 0 Å². The average Bonchev–Trinajstić information content (AvgIpc) is 4.02. The Bertz CT molecular complexity index is 2050. The smallest absolute Gasteiger partial charge is 0.179 e. The maximum absolute atomic E-state index is 14.4. The summed E-state index contributed by atoms with van der Waals surface area (Å²) in [5.41, 5.74) is 0. The van der Waals surface area contributed by atoms with Crippen molar-refractivity contribution in [2.24, 2.45) is 0 Å². The molecule has 0 saturated heterocycles. The fourth-order valence-corrected chi connectivity index (χ4v) is 16.3. The molecule has 0 saturated carbocycles. The molecule has 0 aliphatic carbocycles. The topological polar surface area (TPSA) is 34.1 Å². The molecular formula is C44H54O2S8. The minimum atomic E-state index is -3.49. The van der Waals surface area contributed by atoms with Gasteiger partial charge in [0.15, 0.2) is 9.84 Å². The molecule has 6 aromatic heterocycles. The molecule has 6 rings (SSSR count). The van der Waals surface area contributed by atoms with Crippen LogP contribution in [0.2, 0.25) is 0 Å². The number of rotatable bonds is 25. The highest BCUT2D eigenvalue weighted by molar-refractivity contribution is 7.99. The Morgan fingerprint density at radius 2 is 0.944 bits per heavy atom. The first-order valence-electron chi connectivity index (χ1n) is 19.9. The number of hydrogen-bond donors (Lipinski definition) is 0. The van der Waals surface area contributed by atoms with Gasteiger partial charge in [-0.25, -0.2) is 8.42 Å². The third-order valence-corrected chi connectivity index (χ3v) is 20.0. The maximum Gasteiger partial charge on any atom is 0.179 e. The van der Waals surface area contributed by atoms with E-state index in [2.05, 4.69) is 79.2 Å². The van der Waals surface area contributed by atoms with Gasteiger partial charge in [-0.3, -0.25) is 0 Å². The van der Waals surface area contributed by atoms with Crippen molar-refractivity contribution >= 4 is 89.6 Å². The van der Waals surface area contributed by atoms with Crippen LogP contribution in [-0.4, -0.2) is 19.9 Å². The van der Waals surface area contributed by atoms with E-state index < -0.39 is 9.84 Å². The SMILES string of the molecule is CCCCCCCCCCSc1cc(-c2ccc(-c3cccs3)s2)sc1-c1sc(-c2ccc(-c3cccs3)s2)cc1S(=O)(=O)CCCCCCCCCC. The molecule has 0 N–H and O–H groups in total. The normalized spacial score (nSPS) is 12.0. The second-order valence-electron chi connectivity index (χ2n) is 14.0. The summed E-state index contributed by atoms with van der Waals surface area (Å²) in [7, 11) is -3.49. The van der Waals surface area contributed by atoms with Gasteiger partial charge in [0.1, 0.15) is 0 Å². The highest BCUT2D eigenvalue weighted by atomic mass is 32.2. The van der Waals surface area contributed by atoms with Crippen LogP contribution in [-0.2, 0) is 9.84 Å². The van der Waals surface area contributed by atoms with Crippen LogP contribution in [0.15, 0.2) is 81.2 Å². The molecule has 2 nitrogen and oxygen atoms in total. The van der Waals surface area contributed by atoms with Crippen molar-refractivity contribution in [3.8, 4) is 48.8 Å². The van der Waals surface area contributed by atoms with Gasteiger partial charge >= 0.3 is 0 Å². The average molecular weight is 871 g/mol. The number of thiophene rings is 6. The van der Waals surface area contributed by atoms with Crippen LogP contribution in [0, 0.1) is 0 Å². The second kappa shape index (κ2) is 21.9. The van der Waals surface area contributed by atoms with Gasteiger partial charge in [-0.15, -0.1) is 79.8 Å². The molecule has 54 heavy (non-hydrogen) atoms. The lowest BCUT2D eigenvalue weighted by Gasteiger charge is -2.08. The zero-order valence-electron chi connectivity index (χ0n) is 31.7. The van der Waals surface area contributed by atoms with Crippen molar-refractivity contribution in [1.29, 1.82) is 0 Å². The lowest BCUT2D eigenvalue weighted by molar-refractivity contribution is 0.573. The van der Waals surface area contributed by atoms with Crippen molar-refractivity contribution < 1.29 is 8.42 Å². The predicted octanol–water partition coefficient (Wildman–Crippen LogP) is 17.5. The Morgan fingerprint density at radius 1 is 0.481 bits per heavy atom. The Kier molecular flexibility index (Phi) is 17.1. The molecule has 0 amide bonds. The number of thioether (sulfide) groups is 1. The van der Waals surface area contributed by atoms with E-state index in [1.54, 1.807) is 56.7 Å². The molecule has 10 heteroatoms. The van der Waals surface area contributed by atoms with Gasteiger partial charge < -0.3 is 0 Å². The van der Waals surface area contributed by atoms with E-state index in [4.69, 9.17) is 0 Å². The Labute approximate surface area is 353 Å². The minimum absolute atomic E-state index is 0.212. The summed E-state index contributed by atoms with van der Waals surface area (Å²) in [4.78, 5) is 13.6. The van der Waals surface area contributed by atoms with Crippen molar-refractivity contribution in [3.63, 3.8) is 0 Å². The molecule has 0 atom stereocenters. The Balaban J connectivity index is 1.28. The monoisotopic (exact) mass is 870 g/mol. The molecule has 290 valence electrons. The standard InChI is InChI=1S/C44H54O2S8/c1-3-5-7-9-11-13-15-17-27-49-41-31-39(37-25-23-35(50-37)33-21-19-28-47-33)52-43(41)44-42(54(45,46)30-18-16-14-12-10-8-6-4-2)32-40(53-44)38-26-24-36(51-38)34-22-20-29-48-34/h19-26,28-29,31-32H,3-18,27,30H2,1-2H3. The number of sulfone groups is 1. The van der Waals surface area contributed by atoms with E-state index in [9.17, 15) is 8.42 Å². The van der Waals surface area contributed by atoms with Crippen LogP contribution in [0.3, 0.4) is 0 Å². The van der Waals surface area contributed by atoms with Crippen LogP contribution >= 0.6 is 79.8 Å². The van der Waals surface area contributed by atoms with Gasteiger partial charge in [0, 0.05) is 43.9 Å². The van der Waals surface area contributed by atoms with Gasteiger partial charge in [0.25, 0.3) is 0 Å². The summed E-state index contributed by atoms with van der Waals surface area (Å²) in [6.07, 6.45) is 19.5. The van der Waals surface area contributed by atoms with Crippen molar-refractivity contribution in [3.05, 3.63) is 71.4 Å². The van der Waals surface area contributed by atoms with Crippen LogP contribution in [0.5, 0.6) is 0 Å². The molecule has 0 aromatic carbocycles. The third kappa shape index (κ3) is 11.8. The summed E-state index contributed by atoms with van der Waals surface area (Å²) in [6.45, 7) is 4.52. The highest BCUT2D eigenvalue weighted by Gasteiger charge is 2.27. The third-order valence-electron chi connectivity index (χ3n) is 9.69. The summed E-state index contributed by atoms with van der Waals surface area (Å²) in [5, 5.41) is 4.25. The molecule has 0 spiro atoms. The van der Waals surface area contributed by atoms with Crippen molar-refractivity contribution in [2.45, 2.75) is 126 Å². The van der Waals surface area contributed by atoms with E-state index in [-0.39, 0.29) is 5.75 Å². The lowest BCUT2D eigenvalue weighted by Crippen LogP contribution is -2.07. The maximum atomic E-state index is 14.4. The lowest BCUT2D eigenvalue weighted by atomic mass is 10.1. The predicted molar refractivity (Wildman–Crippen MR) is 249 cm³/mol. The Morgan fingerprint density at radius 3 is 1.46 bits per heavy atom. The molecule has 0 aliphatic rings. The van der Waals surface area contributed by atoms with E-state index in [0.717, 1.165) is 44.5 Å². The molecule has 6 heterocycles. The highest BCUT2D eigenvalue weighted by Crippen LogP contribution is 2.52. The van der Waals surface area contributed by atoms with Gasteiger partial charge in [0.2, 0.25) is 0 Å². The molecule has 0 radical (unpaired) electrons. The molecule has 0 unspecified atom stereocenters. The first-order chi connectivity index (χ1) is 26.5. The van der Waals surface area contributed by atoms with Gasteiger partial charge in [0.05, 0.1) is 20.4 Å². The van der Waals surface area contributed by atoms with Gasteiger partial charge in [-0.2, -0.15) is 0 Å². The molecule has 6 aromatic rings. The van der Waals surface area contributed by atoms with Crippen LogP contribution in [0.25, 0.3) is 48.8 Å². The zero-order valence-corrected chi connectivity index (χ0v) is 38.3. The summed E-state index contributed by atoms with van der Waals surface area (Å²) in [5.74, 6) is 1.26. The molecule has 0 bridgehead atoms. The minimum Gasteiger partial charge on any atom is -0.224 e. The Hall–Kier alpha value is -1.50. The van der Waals surface area contributed by atoms with E-state index in [1.165, 1.54) is 118 Å². The number of unbranched alkanes of at least 4 members (excludes halogenated alkanes) is 14. The van der Waals surface area contributed by atoms with E-state index >= 15 is 0 Å². The first-order valence-corrected chi connectivity index (χ1v) is 27.5. The number of hydrogen-bond acceptors (Lipinski definition) is 9. The van der Waals surface area contributed by atoms with Crippen molar-refractivity contribution in [2.75, 3.05) is 11.5 Å². The first kappa shape index (κ1) is 42.1. The van der Waals surface area contributed by atoms with Gasteiger partial charge in [-0.05, 0) is 77.9 Å². The summed E-state index contributed by atoms with van der Waals surface area (Å²) in [6, 6.07) is 21.8. The van der Waals surface area contributed by atoms with Crippen LogP contribution in [0.1, 0.15) is 117 Å². The molecular weight excluding hydrogens is 817 g/mol. The fourth-order valence-electron chi connectivity index (χ4n) is 6.64. The summed E-state index contributed by atoms with van der Waals surface area (Å²) < 4.78 is 28.8. The van der Waals surface area contributed by atoms with E-state index in [1.807, 2.05) is 29.2 Å². The second-order valence-corrected chi connectivity index (χ2v) is 23.4. The largest absolute Gasteiger partial charge is 0.224 e. The van der Waals surface area contributed by atoms with Crippen molar-refractivity contribution in [1.82, 2.24) is 0 Å².